The van der Waals surface area contributed by atoms with E-state index in [1.165, 1.54) is 0 Å². The van der Waals surface area contributed by atoms with Gasteiger partial charge in [0.25, 0.3) is 0 Å². The molecular weight excluding hydrogens is 476 g/mol. The minimum Gasteiger partial charge on any atom is -0.480 e. The maximum Gasteiger partial charge on any atom is 0.324 e. The van der Waals surface area contributed by atoms with E-state index in [1.54, 1.807) is 14.2 Å². The molecule has 12 nitrogen and oxygen atoms in total. The molecule has 5 N–H and O–H groups in total. The highest BCUT2D eigenvalue weighted by molar-refractivity contribution is 5.99. The van der Waals surface area contributed by atoms with Crippen LogP contribution in [0.15, 0.2) is 0 Å². The molecule has 0 bridgehead atoms. The lowest BCUT2D eigenvalue weighted by Crippen LogP contribution is -2.59. The number of nitrogens with two attached hydrogens (primary N) is 2. The smallest absolute Gasteiger partial charge is 0.324 e. The van der Waals surface area contributed by atoms with Crippen molar-refractivity contribution in [1.82, 2.24) is 0 Å². The molecule has 0 unspecified atom stereocenters. The minimum absolute atomic E-state index is 0.0246. The summed E-state index contributed by atoms with van der Waals surface area (Å²) in [6.07, 6.45) is 2.48. The lowest BCUT2D eigenvalue weighted by atomic mass is 9.79. The summed E-state index contributed by atoms with van der Waals surface area (Å²) in [6.45, 7) is 3.00. The van der Waals surface area contributed by atoms with Crippen molar-refractivity contribution in [1.29, 1.82) is 0 Å². The van der Waals surface area contributed by atoms with E-state index in [2.05, 4.69) is 0 Å². The molecule has 0 aromatic rings. The third kappa shape index (κ3) is 11.3. The van der Waals surface area contributed by atoms with Crippen LogP contribution in [0.2, 0.25) is 0 Å². The van der Waals surface area contributed by atoms with Gasteiger partial charge in [0.05, 0.1) is 59.0 Å². The van der Waals surface area contributed by atoms with Crippen LogP contribution in [0.25, 0.3) is 0 Å². The highest BCUT2D eigenvalue weighted by Gasteiger charge is 2.51. The van der Waals surface area contributed by atoms with E-state index in [1.807, 2.05) is 0 Å². The van der Waals surface area contributed by atoms with Crippen molar-refractivity contribution >= 4 is 11.9 Å². The first-order chi connectivity index (χ1) is 17.3. The van der Waals surface area contributed by atoms with Gasteiger partial charge in [-0.05, 0) is 38.5 Å². The van der Waals surface area contributed by atoms with Crippen LogP contribution in [-0.2, 0) is 42.7 Å². The first-order valence-corrected chi connectivity index (χ1v) is 12.6. The fourth-order valence-corrected chi connectivity index (χ4v) is 3.99. The zero-order chi connectivity index (χ0) is 26.7. The first kappa shape index (κ1) is 32.6. The molecule has 0 aromatic carbocycles. The molecule has 0 heterocycles. The number of rotatable bonds is 22. The Balaban J connectivity index is 2.79. The standard InChI is InChI=1S/C24H46N2O10/c1-30-12-14-34-18-16-32-10-8-23(21(27)28,9-11-33-17-19-35-15-13-31-2)22(29)36-24(20(25)26)6-4-3-5-7-24/h20H,3-19,25-26H2,1-2H3,(H,27,28). The van der Waals surface area contributed by atoms with Crippen molar-refractivity contribution in [2.45, 2.75) is 56.7 Å². The SMILES string of the molecule is COCCOCCOCCC(CCOCCOCCOC)(C(=O)O)C(=O)OC1(C(N)N)CCCCC1. The van der Waals surface area contributed by atoms with Crippen LogP contribution in [0.1, 0.15) is 44.9 Å². The molecule has 0 amide bonds. The van der Waals surface area contributed by atoms with Gasteiger partial charge in [-0.25, -0.2) is 0 Å². The van der Waals surface area contributed by atoms with E-state index in [4.69, 9.17) is 44.6 Å². The van der Waals surface area contributed by atoms with E-state index in [0.29, 0.717) is 52.5 Å². The number of ether oxygens (including phenoxy) is 7. The van der Waals surface area contributed by atoms with Crippen LogP contribution in [0.5, 0.6) is 0 Å². The van der Waals surface area contributed by atoms with Crippen molar-refractivity contribution in [3.63, 3.8) is 0 Å². The molecule has 1 fully saturated rings. The molecule has 1 saturated carbocycles. The van der Waals surface area contributed by atoms with Crippen LogP contribution < -0.4 is 11.5 Å². The van der Waals surface area contributed by atoms with Crippen LogP contribution in [0, 0.1) is 5.41 Å². The van der Waals surface area contributed by atoms with E-state index in [-0.39, 0.29) is 39.3 Å². The molecule has 12 heteroatoms. The third-order valence-electron chi connectivity index (χ3n) is 6.36. The number of aliphatic carboxylic acids is 1. The van der Waals surface area contributed by atoms with E-state index in [0.717, 1.165) is 19.3 Å². The van der Waals surface area contributed by atoms with Crippen molar-refractivity contribution in [3.8, 4) is 0 Å². The number of hydrogen-bond donors (Lipinski definition) is 3. The van der Waals surface area contributed by atoms with Crippen LogP contribution in [0.3, 0.4) is 0 Å². The van der Waals surface area contributed by atoms with Gasteiger partial charge in [-0.15, -0.1) is 0 Å². The summed E-state index contributed by atoms with van der Waals surface area (Å²) in [5.74, 6) is -2.17. The number of carbonyl (C=O) groups is 2. The number of carboxylic acids is 1. The molecule has 0 radical (unpaired) electrons. The van der Waals surface area contributed by atoms with Gasteiger partial charge in [0.2, 0.25) is 0 Å². The number of carbonyl (C=O) groups excluding carboxylic acids is 1. The maximum atomic E-state index is 13.5. The number of methoxy groups -OCH3 is 2. The highest BCUT2D eigenvalue weighted by atomic mass is 16.6. The fraction of sp³-hybridized carbons (Fsp3) is 0.917. The third-order valence-corrected chi connectivity index (χ3v) is 6.36. The summed E-state index contributed by atoms with van der Waals surface area (Å²) in [5, 5.41) is 10.2. The molecule has 36 heavy (non-hydrogen) atoms. The molecule has 0 aliphatic heterocycles. The van der Waals surface area contributed by atoms with Gasteiger partial charge in [0.15, 0.2) is 5.41 Å². The van der Waals surface area contributed by atoms with Crippen molar-refractivity contribution < 1.29 is 47.9 Å². The van der Waals surface area contributed by atoms with Crippen LogP contribution in [0.4, 0.5) is 0 Å². The van der Waals surface area contributed by atoms with Gasteiger partial charge in [-0.3, -0.25) is 9.59 Å². The zero-order valence-electron chi connectivity index (χ0n) is 21.9. The first-order valence-electron chi connectivity index (χ1n) is 12.6. The van der Waals surface area contributed by atoms with E-state index >= 15 is 0 Å². The zero-order valence-corrected chi connectivity index (χ0v) is 21.9. The summed E-state index contributed by atoms with van der Waals surface area (Å²) < 4.78 is 37.5. The number of hydrogen-bond acceptors (Lipinski definition) is 11. The Morgan fingerprint density at radius 3 is 1.56 bits per heavy atom. The lowest BCUT2D eigenvalue weighted by molar-refractivity contribution is -0.188. The Bertz CT molecular complexity index is 579. The quantitative estimate of drug-likeness (QED) is 0.0787. The van der Waals surface area contributed by atoms with Gasteiger partial charge in [0.1, 0.15) is 5.60 Å². The predicted octanol–water partition coefficient (Wildman–Crippen LogP) is 0.686. The van der Waals surface area contributed by atoms with Crippen LogP contribution in [-0.4, -0.2) is 109 Å². The molecule has 0 spiro atoms. The molecule has 212 valence electrons. The summed E-state index contributed by atoms with van der Waals surface area (Å²) in [4.78, 5) is 26.0. The van der Waals surface area contributed by atoms with Gasteiger partial charge in [-0.2, -0.15) is 0 Å². The summed E-state index contributed by atoms with van der Waals surface area (Å²) in [7, 11) is 3.16. The maximum absolute atomic E-state index is 13.5. The number of esters is 1. The Labute approximate surface area is 214 Å². The Hall–Kier alpha value is -1.38. The van der Waals surface area contributed by atoms with Gasteiger partial charge in [0, 0.05) is 27.4 Å². The van der Waals surface area contributed by atoms with Crippen LogP contribution >= 0.6 is 0 Å². The Morgan fingerprint density at radius 1 is 0.750 bits per heavy atom. The fourth-order valence-electron chi connectivity index (χ4n) is 3.99. The van der Waals surface area contributed by atoms with Crippen molar-refractivity contribution in [3.05, 3.63) is 0 Å². The Kier molecular flexibility index (Phi) is 17.1. The highest BCUT2D eigenvalue weighted by Crippen LogP contribution is 2.37. The molecule has 0 saturated heterocycles. The second-order valence-corrected chi connectivity index (χ2v) is 8.86. The largest absolute Gasteiger partial charge is 0.480 e. The Morgan fingerprint density at radius 2 is 1.17 bits per heavy atom. The molecule has 1 rings (SSSR count). The lowest BCUT2D eigenvalue weighted by Gasteiger charge is -2.41. The summed E-state index contributed by atoms with van der Waals surface area (Å²) >= 11 is 0. The van der Waals surface area contributed by atoms with Gasteiger partial charge in [-0.1, -0.05) is 6.42 Å². The molecular formula is C24H46N2O10. The monoisotopic (exact) mass is 522 g/mol. The second kappa shape index (κ2) is 18.8. The second-order valence-electron chi connectivity index (χ2n) is 8.86. The van der Waals surface area contributed by atoms with Gasteiger partial charge < -0.3 is 49.7 Å². The average molecular weight is 523 g/mol. The molecule has 1 aliphatic carbocycles. The topological polar surface area (TPSA) is 171 Å². The normalized spacial score (nSPS) is 15.8. The number of carboxylic acid groups (broad SMARTS) is 1. The molecule has 0 aromatic heterocycles. The summed E-state index contributed by atoms with van der Waals surface area (Å²) in [5.41, 5.74) is 9.07. The summed E-state index contributed by atoms with van der Waals surface area (Å²) in [6, 6.07) is 0. The molecule has 0 atom stereocenters. The van der Waals surface area contributed by atoms with Crippen molar-refractivity contribution in [2.24, 2.45) is 16.9 Å². The van der Waals surface area contributed by atoms with E-state index in [9.17, 15) is 14.7 Å². The average Bonchev–Trinajstić information content (AvgIpc) is 2.86. The minimum atomic E-state index is -1.87. The molecule has 1 aliphatic rings. The van der Waals surface area contributed by atoms with E-state index < -0.39 is 29.1 Å². The van der Waals surface area contributed by atoms with Crippen molar-refractivity contribution in [2.75, 3.05) is 80.3 Å². The van der Waals surface area contributed by atoms with Gasteiger partial charge >= 0.3 is 11.9 Å². The predicted molar refractivity (Wildman–Crippen MR) is 130 cm³/mol.